The SMILES string of the molecule is O=C(/C=C/c1cccc(O)c1)Nc1ccc(C(=O)O)cc1. The number of aromatic hydroxyl groups is 1. The van der Waals surface area contributed by atoms with Gasteiger partial charge in [-0.3, -0.25) is 4.79 Å². The van der Waals surface area contributed by atoms with E-state index in [4.69, 9.17) is 5.11 Å². The molecule has 0 unspecified atom stereocenters. The Morgan fingerprint density at radius 1 is 1.05 bits per heavy atom. The summed E-state index contributed by atoms with van der Waals surface area (Å²) in [5, 5.41) is 20.7. The molecule has 2 aromatic carbocycles. The molecule has 106 valence electrons. The molecule has 0 aliphatic carbocycles. The first-order valence-electron chi connectivity index (χ1n) is 6.16. The van der Waals surface area contributed by atoms with Gasteiger partial charge in [-0.05, 0) is 48.0 Å². The van der Waals surface area contributed by atoms with Gasteiger partial charge in [0.05, 0.1) is 5.56 Å². The maximum Gasteiger partial charge on any atom is 0.335 e. The van der Waals surface area contributed by atoms with Crippen LogP contribution in [0.2, 0.25) is 0 Å². The van der Waals surface area contributed by atoms with E-state index in [1.54, 1.807) is 24.3 Å². The van der Waals surface area contributed by atoms with Crippen molar-refractivity contribution >= 4 is 23.6 Å². The summed E-state index contributed by atoms with van der Waals surface area (Å²) in [6.07, 6.45) is 2.90. The van der Waals surface area contributed by atoms with Crippen molar-refractivity contribution in [3.05, 3.63) is 65.7 Å². The topological polar surface area (TPSA) is 86.6 Å². The van der Waals surface area contributed by atoms with Crippen LogP contribution in [-0.2, 0) is 4.79 Å². The summed E-state index contributed by atoms with van der Waals surface area (Å²) in [7, 11) is 0. The van der Waals surface area contributed by atoms with E-state index in [9.17, 15) is 14.7 Å². The fourth-order valence-electron chi connectivity index (χ4n) is 1.68. The summed E-state index contributed by atoms with van der Waals surface area (Å²) >= 11 is 0. The monoisotopic (exact) mass is 283 g/mol. The summed E-state index contributed by atoms with van der Waals surface area (Å²) < 4.78 is 0. The number of phenolic OH excluding ortho intramolecular Hbond substituents is 1. The van der Waals surface area contributed by atoms with Gasteiger partial charge in [0, 0.05) is 11.8 Å². The van der Waals surface area contributed by atoms with Crippen molar-refractivity contribution in [1.29, 1.82) is 0 Å². The quantitative estimate of drug-likeness (QED) is 0.753. The van der Waals surface area contributed by atoms with Crippen molar-refractivity contribution in [2.24, 2.45) is 0 Å². The molecule has 0 aliphatic rings. The van der Waals surface area contributed by atoms with E-state index in [1.165, 1.54) is 36.4 Å². The van der Waals surface area contributed by atoms with Crippen LogP contribution in [0.15, 0.2) is 54.6 Å². The number of phenols is 1. The molecule has 0 saturated heterocycles. The van der Waals surface area contributed by atoms with Gasteiger partial charge >= 0.3 is 5.97 Å². The van der Waals surface area contributed by atoms with Gasteiger partial charge in [0.1, 0.15) is 5.75 Å². The molecule has 0 aromatic heterocycles. The number of aromatic carboxylic acids is 1. The van der Waals surface area contributed by atoms with Crippen LogP contribution in [0.5, 0.6) is 5.75 Å². The Labute approximate surface area is 121 Å². The van der Waals surface area contributed by atoms with Crippen LogP contribution >= 0.6 is 0 Å². The molecule has 5 nitrogen and oxygen atoms in total. The second-order valence-electron chi connectivity index (χ2n) is 4.30. The molecular weight excluding hydrogens is 270 g/mol. The normalized spacial score (nSPS) is 10.5. The molecule has 0 aliphatic heterocycles. The standard InChI is InChI=1S/C16H13NO4/c18-14-3-1-2-11(10-14)4-9-15(19)17-13-7-5-12(6-8-13)16(20)21/h1-10,18H,(H,17,19)(H,20,21)/b9-4+. The van der Waals surface area contributed by atoms with E-state index in [2.05, 4.69) is 5.32 Å². The third kappa shape index (κ3) is 4.21. The molecule has 0 atom stereocenters. The van der Waals surface area contributed by atoms with Gasteiger partial charge in [0.25, 0.3) is 0 Å². The minimum atomic E-state index is -1.02. The number of benzene rings is 2. The number of amides is 1. The van der Waals surface area contributed by atoms with Crippen LogP contribution in [0.25, 0.3) is 6.08 Å². The predicted octanol–water partition coefficient (Wildman–Crippen LogP) is 2.74. The van der Waals surface area contributed by atoms with E-state index in [1.807, 2.05) is 0 Å². The molecule has 0 radical (unpaired) electrons. The van der Waals surface area contributed by atoms with Gasteiger partial charge in [0.2, 0.25) is 5.91 Å². The molecular formula is C16H13NO4. The molecule has 0 bridgehead atoms. The lowest BCUT2D eigenvalue weighted by atomic mass is 10.2. The first kappa shape index (κ1) is 14.3. The predicted molar refractivity (Wildman–Crippen MR) is 79.2 cm³/mol. The van der Waals surface area contributed by atoms with E-state index in [0.717, 1.165) is 0 Å². The molecule has 0 saturated carbocycles. The maximum absolute atomic E-state index is 11.7. The van der Waals surface area contributed by atoms with E-state index in [0.29, 0.717) is 11.3 Å². The Kier molecular flexibility index (Phi) is 4.36. The largest absolute Gasteiger partial charge is 0.508 e. The van der Waals surface area contributed by atoms with Crippen molar-refractivity contribution in [3.63, 3.8) is 0 Å². The first-order valence-corrected chi connectivity index (χ1v) is 6.16. The van der Waals surface area contributed by atoms with Crippen LogP contribution in [0.1, 0.15) is 15.9 Å². The summed E-state index contributed by atoms with van der Waals surface area (Å²) in [6.45, 7) is 0. The number of carboxylic acids is 1. The highest BCUT2D eigenvalue weighted by Crippen LogP contribution is 2.13. The Hall–Kier alpha value is -3.08. The van der Waals surface area contributed by atoms with Crippen LogP contribution < -0.4 is 5.32 Å². The lowest BCUT2D eigenvalue weighted by Gasteiger charge is -2.02. The smallest absolute Gasteiger partial charge is 0.335 e. The molecule has 5 heteroatoms. The minimum absolute atomic E-state index is 0.127. The number of carbonyl (C=O) groups excluding carboxylic acids is 1. The fraction of sp³-hybridized carbons (Fsp3) is 0. The van der Waals surface area contributed by atoms with Gasteiger partial charge in [-0.1, -0.05) is 12.1 Å². The molecule has 0 fully saturated rings. The highest BCUT2D eigenvalue weighted by molar-refractivity contribution is 6.02. The highest BCUT2D eigenvalue weighted by atomic mass is 16.4. The van der Waals surface area contributed by atoms with Crippen molar-refractivity contribution in [1.82, 2.24) is 0 Å². The Bertz CT molecular complexity index is 690. The number of rotatable bonds is 4. The highest BCUT2D eigenvalue weighted by Gasteiger charge is 2.03. The van der Waals surface area contributed by atoms with Gasteiger partial charge < -0.3 is 15.5 Å². The molecule has 3 N–H and O–H groups in total. The number of hydrogen-bond acceptors (Lipinski definition) is 3. The van der Waals surface area contributed by atoms with Gasteiger partial charge in [-0.2, -0.15) is 0 Å². The number of carbonyl (C=O) groups is 2. The van der Waals surface area contributed by atoms with Crippen LogP contribution in [0.3, 0.4) is 0 Å². The second kappa shape index (κ2) is 6.38. The Balaban J connectivity index is 1.99. The average molecular weight is 283 g/mol. The lowest BCUT2D eigenvalue weighted by Crippen LogP contribution is -2.08. The van der Waals surface area contributed by atoms with E-state index in [-0.39, 0.29) is 17.2 Å². The third-order valence-electron chi connectivity index (χ3n) is 2.70. The molecule has 21 heavy (non-hydrogen) atoms. The van der Waals surface area contributed by atoms with Crippen LogP contribution in [-0.4, -0.2) is 22.1 Å². The van der Waals surface area contributed by atoms with Gasteiger partial charge in [-0.25, -0.2) is 4.79 Å². The number of nitrogens with one attached hydrogen (secondary N) is 1. The Morgan fingerprint density at radius 3 is 2.38 bits per heavy atom. The van der Waals surface area contributed by atoms with E-state index >= 15 is 0 Å². The zero-order chi connectivity index (χ0) is 15.2. The Morgan fingerprint density at radius 2 is 1.76 bits per heavy atom. The van der Waals surface area contributed by atoms with Gasteiger partial charge in [0.15, 0.2) is 0 Å². The zero-order valence-electron chi connectivity index (χ0n) is 11.0. The zero-order valence-corrected chi connectivity index (χ0v) is 11.0. The van der Waals surface area contributed by atoms with E-state index < -0.39 is 5.97 Å². The molecule has 0 heterocycles. The van der Waals surface area contributed by atoms with Crippen molar-refractivity contribution in [2.75, 3.05) is 5.32 Å². The maximum atomic E-state index is 11.7. The fourth-order valence-corrected chi connectivity index (χ4v) is 1.68. The number of hydrogen-bond donors (Lipinski definition) is 3. The third-order valence-corrected chi connectivity index (χ3v) is 2.70. The van der Waals surface area contributed by atoms with Crippen molar-refractivity contribution < 1.29 is 19.8 Å². The summed E-state index contributed by atoms with van der Waals surface area (Å²) in [6, 6.07) is 12.4. The van der Waals surface area contributed by atoms with Crippen molar-refractivity contribution in [2.45, 2.75) is 0 Å². The molecule has 2 aromatic rings. The number of anilines is 1. The lowest BCUT2D eigenvalue weighted by molar-refractivity contribution is -0.111. The van der Waals surface area contributed by atoms with Crippen molar-refractivity contribution in [3.8, 4) is 5.75 Å². The van der Waals surface area contributed by atoms with Gasteiger partial charge in [-0.15, -0.1) is 0 Å². The van der Waals surface area contributed by atoms with Crippen LogP contribution in [0, 0.1) is 0 Å². The summed E-state index contributed by atoms with van der Waals surface area (Å²) in [4.78, 5) is 22.4. The first-order chi connectivity index (χ1) is 10.0. The summed E-state index contributed by atoms with van der Waals surface area (Å²) in [5.41, 5.74) is 1.36. The second-order valence-corrected chi connectivity index (χ2v) is 4.30. The molecule has 2 rings (SSSR count). The molecule has 0 spiro atoms. The van der Waals surface area contributed by atoms with Crippen LogP contribution in [0.4, 0.5) is 5.69 Å². The minimum Gasteiger partial charge on any atom is -0.508 e. The molecule has 1 amide bonds. The average Bonchev–Trinajstić information content (AvgIpc) is 2.46. The summed E-state index contributed by atoms with van der Waals surface area (Å²) in [5.74, 6) is -1.24. The number of carboxylic acid groups (broad SMARTS) is 1.